The molecule has 0 saturated heterocycles. The van der Waals surface area contributed by atoms with Crippen molar-refractivity contribution in [1.82, 2.24) is 14.9 Å². The quantitative estimate of drug-likeness (QED) is 0.411. The van der Waals surface area contributed by atoms with Gasteiger partial charge < -0.3 is 14.3 Å². The zero-order chi connectivity index (χ0) is 22.6. The van der Waals surface area contributed by atoms with Crippen LogP contribution in [-0.2, 0) is 0 Å². The molecule has 1 aromatic carbocycles. The van der Waals surface area contributed by atoms with E-state index in [1.807, 2.05) is 12.4 Å². The number of carbonyl (C=O) groups is 1. The molecule has 0 spiro atoms. The van der Waals surface area contributed by atoms with E-state index in [2.05, 4.69) is 20.9 Å². The lowest BCUT2D eigenvalue weighted by atomic mass is 9.97. The summed E-state index contributed by atoms with van der Waals surface area (Å²) in [5, 5.41) is 2.99. The second-order valence-corrected chi connectivity index (χ2v) is 9.07. The Kier molecular flexibility index (Phi) is 6.42. The van der Waals surface area contributed by atoms with Crippen LogP contribution in [-0.4, -0.2) is 22.0 Å². The van der Waals surface area contributed by atoms with Gasteiger partial charge in [-0.2, -0.15) is 0 Å². The maximum absolute atomic E-state index is 13.5. The van der Waals surface area contributed by atoms with Crippen LogP contribution in [0.5, 0.6) is 0 Å². The van der Waals surface area contributed by atoms with E-state index in [1.165, 1.54) is 43.4 Å². The number of benzene rings is 1. The molecule has 3 aromatic rings. The molecule has 5 nitrogen and oxygen atoms in total. The minimum absolute atomic E-state index is 0.201. The fourth-order valence-corrected chi connectivity index (χ4v) is 5.03. The van der Waals surface area contributed by atoms with Gasteiger partial charge in [0.2, 0.25) is 0 Å². The summed E-state index contributed by atoms with van der Waals surface area (Å²) in [6.07, 6.45) is 14.4. The van der Waals surface area contributed by atoms with Gasteiger partial charge in [0.15, 0.2) is 11.5 Å². The Balaban J connectivity index is 1.38. The summed E-state index contributed by atoms with van der Waals surface area (Å²) in [6.45, 7) is 0.613. The normalized spacial score (nSPS) is 16.7. The Morgan fingerprint density at radius 2 is 1.91 bits per heavy atom. The summed E-state index contributed by atoms with van der Waals surface area (Å²) in [4.78, 5) is 17.4. The van der Waals surface area contributed by atoms with Crippen LogP contribution in [0, 0.1) is 5.82 Å². The van der Waals surface area contributed by atoms with Crippen LogP contribution in [0.4, 0.5) is 4.39 Å². The third-order valence-electron chi connectivity index (χ3n) is 6.81. The Morgan fingerprint density at radius 1 is 1.09 bits per heavy atom. The van der Waals surface area contributed by atoms with Gasteiger partial charge in [0.25, 0.3) is 5.91 Å². The molecule has 2 aliphatic rings. The van der Waals surface area contributed by atoms with Crippen molar-refractivity contribution in [1.29, 1.82) is 0 Å². The van der Waals surface area contributed by atoms with E-state index in [9.17, 15) is 9.18 Å². The number of imidazole rings is 1. The van der Waals surface area contributed by atoms with Crippen molar-refractivity contribution in [3.63, 3.8) is 0 Å². The Morgan fingerprint density at radius 3 is 2.67 bits per heavy atom. The number of amides is 1. The van der Waals surface area contributed by atoms with Gasteiger partial charge in [-0.15, -0.1) is 0 Å². The first kappa shape index (κ1) is 21.7. The maximum atomic E-state index is 13.5. The van der Waals surface area contributed by atoms with Crippen LogP contribution in [0.25, 0.3) is 22.7 Å². The van der Waals surface area contributed by atoms with Crippen molar-refractivity contribution in [2.24, 2.45) is 0 Å². The number of furan rings is 1. The molecule has 5 rings (SSSR count). The van der Waals surface area contributed by atoms with Crippen LogP contribution in [0.3, 0.4) is 0 Å². The second-order valence-electron chi connectivity index (χ2n) is 9.07. The van der Waals surface area contributed by atoms with E-state index in [1.54, 1.807) is 18.2 Å². The van der Waals surface area contributed by atoms with Gasteiger partial charge in [-0.25, -0.2) is 9.37 Å². The highest BCUT2D eigenvalue weighted by Crippen LogP contribution is 2.39. The summed E-state index contributed by atoms with van der Waals surface area (Å²) < 4.78 is 21.7. The Hall–Kier alpha value is -3.15. The standard InChI is InChI=1S/C27H30FN3O2/c28-21-12-10-20(11-13-21)25-26(31(18-30-25)22-8-4-5-9-22)23-14-15-24(33-23)27(32)29-17-16-19-6-2-1-3-7-19/h6,10-15,18,22H,1-5,7-9,16-17H2,(H,29,32). The third kappa shape index (κ3) is 4.80. The van der Waals surface area contributed by atoms with Gasteiger partial charge >= 0.3 is 0 Å². The van der Waals surface area contributed by atoms with E-state index >= 15 is 0 Å². The molecular formula is C27H30FN3O2. The van der Waals surface area contributed by atoms with E-state index in [0.717, 1.165) is 49.1 Å². The first-order valence-electron chi connectivity index (χ1n) is 12.1. The highest BCUT2D eigenvalue weighted by Gasteiger charge is 2.26. The van der Waals surface area contributed by atoms with Gasteiger partial charge in [0, 0.05) is 18.2 Å². The molecule has 1 saturated carbocycles. The number of nitrogens with zero attached hydrogens (tertiary/aromatic N) is 2. The summed E-state index contributed by atoms with van der Waals surface area (Å²) in [7, 11) is 0. The molecule has 2 aromatic heterocycles. The molecule has 2 aliphatic carbocycles. The molecule has 1 N–H and O–H groups in total. The average molecular weight is 448 g/mol. The summed E-state index contributed by atoms with van der Waals surface area (Å²) in [5.41, 5.74) is 3.85. The minimum Gasteiger partial charge on any atom is -0.449 e. The first-order valence-corrected chi connectivity index (χ1v) is 12.1. The van der Waals surface area contributed by atoms with Gasteiger partial charge in [-0.1, -0.05) is 24.5 Å². The van der Waals surface area contributed by atoms with Crippen molar-refractivity contribution in [3.05, 3.63) is 66.0 Å². The third-order valence-corrected chi connectivity index (χ3v) is 6.81. The average Bonchev–Trinajstić information content (AvgIpc) is 3.60. The monoisotopic (exact) mass is 447 g/mol. The molecule has 172 valence electrons. The molecular weight excluding hydrogens is 417 g/mol. The molecule has 0 radical (unpaired) electrons. The molecule has 33 heavy (non-hydrogen) atoms. The van der Waals surface area contributed by atoms with Gasteiger partial charge in [0.05, 0.1) is 12.0 Å². The number of halogens is 1. The largest absolute Gasteiger partial charge is 0.449 e. The zero-order valence-electron chi connectivity index (χ0n) is 18.9. The van der Waals surface area contributed by atoms with Crippen molar-refractivity contribution < 1.29 is 13.6 Å². The van der Waals surface area contributed by atoms with Gasteiger partial charge in [-0.05, 0) is 81.3 Å². The summed E-state index contributed by atoms with van der Waals surface area (Å²) in [5.74, 6) is 0.426. The van der Waals surface area contributed by atoms with Crippen LogP contribution >= 0.6 is 0 Å². The van der Waals surface area contributed by atoms with E-state index in [-0.39, 0.29) is 11.7 Å². The maximum Gasteiger partial charge on any atom is 0.287 e. The fourth-order valence-electron chi connectivity index (χ4n) is 5.03. The summed E-state index contributed by atoms with van der Waals surface area (Å²) >= 11 is 0. The zero-order valence-corrected chi connectivity index (χ0v) is 18.9. The molecule has 0 bridgehead atoms. The number of nitrogens with one attached hydrogen (secondary N) is 1. The molecule has 1 amide bonds. The number of aromatic nitrogens is 2. The molecule has 1 fully saturated rings. The van der Waals surface area contributed by atoms with Crippen molar-refractivity contribution in [2.75, 3.05) is 6.54 Å². The van der Waals surface area contributed by atoms with Crippen molar-refractivity contribution in [2.45, 2.75) is 63.8 Å². The van der Waals surface area contributed by atoms with E-state index < -0.39 is 0 Å². The molecule has 0 aliphatic heterocycles. The Labute approximate surface area is 193 Å². The van der Waals surface area contributed by atoms with Gasteiger partial charge in [-0.3, -0.25) is 4.79 Å². The SMILES string of the molecule is O=C(NCCC1=CCCCC1)c1ccc(-c2c(-c3ccc(F)cc3)ncn2C2CCCC2)o1. The van der Waals surface area contributed by atoms with E-state index in [4.69, 9.17) is 4.42 Å². The number of carbonyl (C=O) groups excluding carboxylic acids is 1. The van der Waals surface area contributed by atoms with Crippen LogP contribution in [0.1, 0.15) is 74.4 Å². The second kappa shape index (κ2) is 9.77. The van der Waals surface area contributed by atoms with Crippen LogP contribution < -0.4 is 5.32 Å². The molecule has 0 atom stereocenters. The molecule has 0 unspecified atom stereocenters. The molecule has 2 heterocycles. The van der Waals surface area contributed by atoms with E-state index in [0.29, 0.717) is 24.1 Å². The highest BCUT2D eigenvalue weighted by atomic mass is 19.1. The number of allylic oxidation sites excluding steroid dienone is 1. The molecule has 6 heteroatoms. The lowest BCUT2D eigenvalue weighted by Gasteiger charge is -2.15. The van der Waals surface area contributed by atoms with Crippen molar-refractivity contribution in [3.8, 4) is 22.7 Å². The lowest BCUT2D eigenvalue weighted by molar-refractivity contribution is 0.0927. The predicted octanol–water partition coefficient (Wildman–Crippen LogP) is 6.68. The number of hydrogen-bond acceptors (Lipinski definition) is 3. The first-order chi connectivity index (χ1) is 16.2. The van der Waals surface area contributed by atoms with Crippen LogP contribution in [0.2, 0.25) is 0 Å². The minimum atomic E-state index is -0.281. The highest BCUT2D eigenvalue weighted by molar-refractivity contribution is 5.92. The lowest BCUT2D eigenvalue weighted by Crippen LogP contribution is -2.24. The Bertz CT molecular complexity index is 1140. The van der Waals surface area contributed by atoms with Gasteiger partial charge in [0.1, 0.15) is 11.5 Å². The number of hydrogen-bond donors (Lipinski definition) is 1. The van der Waals surface area contributed by atoms with Crippen molar-refractivity contribution >= 4 is 5.91 Å². The topological polar surface area (TPSA) is 60.1 Å². The number of rotatable bonds is 7. The van der Waals surface area contributed by atoms with Crippen LogP contribution in [0.15, 0.2) is 58.8 Å². The smallest absolute Gasteiger partial charge is 0.287 e. The predicted molar refractivity (Wildman–Crippen MR) is 126 cm³/mol. The fraction of sp³-hybridized carbons (Fsp3) is 0.407. The summed E-state index contributed by atoms with van der Waals surface area (Å²) in [6, 6.07) is 10.3.